The minimum absolute atomic E-state index is 0.263. The number of benzene rings is 1. The molecule has 112 valence electrons. The fourth-order valence-electron chi connectivity index (χ4n) is 2.08. The van der Waals surface area contributed by atoms with Gasteiger partial charge in [0.15, 0.2) is 0 Å². The number of hydrogen-bond acceptors (Lipinski definition) is 2. The van der Waals surface area contributed by atoms with Crippen molar-refractivity contribution in [2.45, 2.75) is 58.3 Å². The van der Waals surface area contributed by atoms with Crippen LogP contribution in [-0.4, -0.2) is 17.7 Å². The van der Waals surface area contributed by atoms with Gasteiger partial charge in [-0.05, 0) is 43.4 Å². The summed E-state index contributed by atoms with van der Waals surface area (Å²) in [6, 6.07) is 8.16. The van der Waals surface area contributed by atoms with Crippen molar-refractivity contribution >= 4 is 5.97 Å². The number of unbranched alkanes of at least 4 members (excludes halogenated alkanes) is 4. The Morgan fingerprint density at radius 2 is 1.80 bits per heavy atom. The van der Waals surface area contributed by atoms with Gasteiger partial charge in [-0.3, -0.25) is 4.79 Å². The number of hydrogen-bond donors (Lipinski definition) is 1. The molecule has 0 saturated heterocycles. The summed E-state index contributed by atoms with van der Waals surface area (Å²) in [5.74, 6) is 0.215. The number of carboxylic acid groups (broad SMARTS) is 1. The van der Waals surface area contributed by atoms with Gasteiger partial charge in [0.05, 0.1) is 6.61 Å². The van der Waals surface area contributed by atoms with Gasteiger partial charge in [0.1, 0.15) is 5.75 Å². The minimum Gasteiger partial charge on any atom is -0.494 e. The molecule has 0 amide bonds. The zero-order valence-corrected chi connectivity index (χ0v) is 12.4. The molecule has 0 radical (unpaired) electrons. The van der Waals surface area contributed by atoms with Crippen molar-refractivity contribution in [1.29, 1.82) is 0 Å². The van der Waals surface area contributed by atoms with Crippen LogP contribution in [0.3, 0.4) is 0 Å². The van der Waals surface area contributed by atoms with E-state index in [1.807, 2.05) is 12.1 Å². The van der Waals surface area contributed by atoms with E-state index in [1.165, 1.54) is 24.8 Å². The molecule has 0 unspecified atom stereocenters. The van der Waals surface area contributed by atoms with Crippen LogP contribution in [0.25, 0.3) is 0 Å². The molecule has 20 heavy (non-hydrogen) atoms. The highest BCUT2D eigenvalue weighted by molar-refractivity contribution is 5.66. The first-order chi connectivity index (χ1) is 9.72. The van der Waals surface area contributed by atoms with Crippen LogP contribution in [0.5, 0.6) is 5.75 Å². The highest BCUT2D eigenvalue weighted by atomic mass is 16.5. The zero-order valence-electron chi connectivity index (χ0n) is 12.4. The smallest absolute Gasteiger partial charge is 0.303 e. The molecule has 0 atom stereocenters. The number of aliphatic carboxylic acids is 1. The molecule has 3 heteroatoms. The second-order valence-electron chi connectivity index (χ2n) is 5.15. The lowest BCUT2D eigenvalue weighted by molar-refractivity contribution is -0.137. The highest BCUT2D eigenvalue weighted by Crippen LogP contribution is 2.15. The summed E-state index contributed by atoms with van der Waals surface area (Å²) in [5, 5.41) is 8.57. The summed E-state index contributed by atoms with van der Waals surface area (Å²) in [4.78, 5) is 10.4. The Bertz CT molecular complexity index is 370. The third-order valence-corrected chi connectivity index (χ3v) is 3.30. The maximum Gasteiger partial charge on any atom is 0.303 e. The third kappa shape index (κ3) is 7.82. The van der Waals surface area contributed by atoms with E-state index in [4.69, 9.17) is 9.84 Å². The van der Waals surface area contributed by atoms with E-state index in [9.17, 15) is 4.79 Å². The maximum absolute atomic E-state index is 10.4. The monoisotopic (exact) mass is 278 g/mol. The molecule has 0 aliphatic rings. The van der Waals surface area contributed by atoms with Crippen LogP contribution in [0.15, 0.2) is 24.3 Å². The minimum atomic E-state index is -0.711. The zero-order chi connectivity index (χ0) is 14.6. The SMILES string of the molecule is CCCCCCOc1ccc(CCCCC(=O)O)cc1. The molecule has 0 heterocycles. The summed E-state index contributed by atoms with van der Waals surface area (Å²) in [6.45, 7) is 2.99. The molecule has 1 N–H and O–H groups in total. The van der Waals surface area contributed by atoms with Crippen LogP contribution in [0.1, 0.15) is 57.4 Å². The molecule has 1 rings (SSSR count). The maximum atomic E-state index is 10.4. The Morgan fingerprint density at radius 1 is 1.05 bits per heavy atom. The summed E-state index contributed by atoms with van der Waals surface area (Å²) in [5.41, 5.74) is 1.24. The van der Waals surface area contributed by atoms with E-state index in [2.05, 4.69) is 19.1 Å². The van der Waals surface area contributed by atoms with Gasteiger partial charge in [0.2, 0.25) is 0 Å². The molecular weight excluding hydrogens is 252 g/mol. The molecule has 0 aliphatic heterocycles. The largest absolute Gasteiger partial charge is 0.494 e. The lowest BCUT2D eigenvalue weighted by atomic mass is 10.1. The summed E-state index contributed by atoms with van der Waals surface area (Å²) >= 11 is 0. The Labute approximate surface area is 122 Å². The van der Waals surface area contributed by atoms with Crippen molar-refractivity contribution in [3.63, 3.8) is 0 Å². The second kappa shape index (κ2) is 10.3. The van der Waals surface area contributed by atoms with Gasteiger partial charge in [-0.1, -0.05) is 38.3 Å². The lowest BCUT2D eigenvalue weighted by Crippen LogP contribution is -1.97. The van der Waals surface area contributed by atoms with Gasteiger partial charge in [-0.25, -0.2) is 0 Å². The molecule has 3 nitrogen and oxygen atoms in total. The molecular formula is C17H26O3. The molecule has 1 aromatic carbocycles. The predicted molar refractivity (Wildman–Crippen MR) is 81.3 cm³/mol. The summed E-state index contributed by atoms with van der Waals surface area (Å²) in [7, 11) is 0. The molecule has 0 fully saturated rings. The van der Waals surface area contributed by atoms with Crippen molar-refractivity contribution in [2.75, 3.05) is 6.61 Å². The Balaban J connectivity index is 2.17. The molecule has 0 aliphatic carbocycles. The van der Waals surface area contributed by atoms with Crippen molar-refractivity contribution in [3.8, 4) is 5.75 Å². The van der Waals surface area contributed by atoms with Crippen molar-refractivity contribution in [1.82, 2.24) is 0 Å². The van der Waals surface area contributed by atoms with Gasteiger partial charge in [0.25, 0.3) is 0 Å². The fourth-order valence-corrected chi connectivity index (χ4v) is 2.08. The third-order valence-electron chi connectivity index (χ3n) is 3.30. The standard InChI is InChI=1S/C17H26O3/c1-2-3-4-7-14-20-16-12-10-15(11-13-16)8-5-6-9-17(18)19/h10-13H,2-9,14H2,1H3,(H,18,19). The first-order valence-electron chi connectivity index (χ1n) is 7.66. The van der Waals surface area contributed by atoms with E-state index in [0.717, 1.165) is 38.0 Å². The van der Waals surface area contributed by atoms with Crippen molar-refractivity contribution in [2.24, 2.45) is 0 Å². The first kappa shape index (κ1) is 16.5. The van der Waals surface area contributed by atoms with Gasteiger partial charge < -0.3 is 9.84 Å². The van der Waals surface area contributed by atoms with Crippen LogP contribution < -0.4 is 4.74 Å². The number of aryl methyl sites for hydroxylation is 1. The quantitative estimate of drug-likeness (QED) is 0.608. The summed E-state index contributed by atoms with van der Waals surface area (Å²) < 4.78 is 5.69. The number of rotatable bonds is 11. The molecule has 1 aromatic rings. The van der Waals surface area contributed by atoms with E-state index in [0.29, 0.717) is 0 Å². The Morgan fingerprint density at radius 3 is 2.45 bits per heavy atom. The molecule has 0 saturated carbocycles. The Hall–Kier alpha value is -1.51. The lowest BCUT2D eigenvalue weighted by Gasteiger charge is -2.07. The van der Waals surface area contributed by atoms with E-state index in [-0.39, 0.29) is 6.42 Å². The van der Waals surface area contributed by atoms with Crippen LogP contribution in [0.4, 0.5) is 0 Å². The highest BCUT2D eigenvalue weighted by Gasteiger charge is 1.99. The Kier molecular flexibility index (Phi) is 8.52. The van der Waals surface area contributed by atoms with Crippen LogP contribution >= 0.6 is 0 Å². The number of carboxylic acids is 1. The van der Waals surface area contributed by atoms with Crippen molar-refractivity contribution in [3.05, 3.63) is 29.8 Å². The van der Waals surface area contributed by atoms with Crippen LogP contribution in [0, 0.1) is 0 Å². The number of ether oxygens (including phenoxy) is 1. The average molecular weight is 278 g/mol. The van der Waals surface area contributed by atoms with Gasteiger partial charge in [-0.15, -0.1) is 0 Å². The van der Waals surface area contributed by atoms with E-state index >= 15 is 0 Å². The van der Waals surface area contributed by atoms with Gasteiger partial charge >= 0.3 is 5.97 Å². The number of carbonyl (C=O) groups is 1. The molecule has 0 bridgehead atoms. The molecule has 0 spiro atoms. The summed E-state index contributed by atoms with van der Waals surface area (Å²) in [6.07, 6.45) is 7.73. The molecule has 0 aromatic heterocycles. The van der Waals surface area contributed by atoms with Gasteiger partial charge in [-0.2, -0.15) is 0 Å². The topological polar surface area (TPSA) is 46.5 Å². The van der Waals surface area contributed by atoms with E-state index in [1.54, 1.807) is 0 Å². The van der Waals surface area contributed by atoms with Gasteiger partial charge in [0, 0.05) is 6.42 Å². The van der Waals surface area contributed by atoms with Crippen LogP contribution in [0.2, 0.25) is 0 Å². The average Bonchev–Trinajstić information content (AvgIpc) is 2.44. The normalized spacial score (nSPS) is 10.4. The van der Waals surface area contributed by atoms with Crippen LogP contribution in [-0.2, 0) is 11.2 Å². The van der Waals surface area contributed by atoms with E-state index < -0.39 is 5.97 Å². The first-order valence-corrected chi connectivity index (χ1v) is 7.66. The second-order valence-corrected chi connectivity index (χ2v) is 5.15. The predicted octanol–water partition coefficient (Wildman–Crippen LogP) is 4.44. The van der Waals surface area contributed by atoms with Crippen molar-refractivity contribution < 1.29 is 14.6 Å². The fraction of sp³-hybridized carbons (Fsp3) is 0.588.